The third-order valence-corrected chi connectivity index (χ3v) is 5.46. The molecule has 0 aliphatic heterocycles. The topological polar surface area (TPSA) is 74.8 Å². The highest BCUT2D eigenvalue weighted by atomic mass is 79.9. The quantitative estimate of drug-likeness (QED) is 0.816. The van der Waals surface area contributed by atoms with E-state index in [9.17, 15) is 8.42 Å². The molecular weight excluding hydrogens is 398 g/mol. The van der Waals surface area contributed by atoms with Crippen molar-refractivity contribution in [2.24, 2.45) is 0 Å². The first kappa shape index (κ1) is 14.7. The molecule has 1 heterocycles. The van der Waals surface area contributed by atoms with E-state index in [0.717, 1.165) is 4.47 Å². The molecule has 1 aromatic heterocycles. The van der Waals surface area contributed by atoms with Gasteiger partial charge >= 0.3 is 0 Å². The maximum Gasteiger partial charge on any atom is 0.242 e. The van der Waals surface area contributed by atoms with Crippen LogP contribution in [0.1, 0.15) is 18.8 Å². The minimum atomic E-state index is -3.61. The second-order valence-corrected chi connectivity index (χ2v) is 7.34. The maximum atomic E-state index is 12.3. The van der Waals surface area contributed by atoms with E-state index < -0.39 is 16.1 Å². The number of hydrogen-bond acceptors (Lipinski definition) is 3. The molecule has 1 unspecified atom stereocenters. The number of halogens is 2. The van der Waals surface area contributed by atoms with Crippen molar-refractivity contribution in [1.29, 1.82) is 0 Å². The molecule has 1 atom stereocenters. The molecule has 0 fully saturated rings. The van der Waals surface area contributed by atoms with E-state index in [1.807, 2.05) is 0 Å². The van der Waals surface area contributed by atoms with Crippen LogP contribution < -0.4 is 4.72 Å². The van der Waals surface area contributed by atoms with Gasteiger partial charge in [-0.1, -0.05) is 15.9 Å². The molecule has 2 aromatic rings. The lowest BCUT2D eigenvalue weighted by atomic mass is 10.3. The van der Waals surface area contributed by atoms with Crippen LogP contribution in [-0.4, -0.2) is 18.4 Å². The summed E-state index contributed by atoms with van der Waals surface area (Å²) in [5.74, 6) is 0.566. The molecule has 2 rings (SSSR count). The van der Waals surface area contributed by atoms with Gasteiger partial charge in [-0.25, -0.2) is 18.1 Å². The molecule has 0 saturated heterocycles. The molecule has 0 bridgehead atoms. The number of H-pyrrole nitrogens is 1. The van der Waals surface area contributed by atoms with Crippen LogP contribution in [0.2, 0.25) is 0 Å². The fourth-order valence-corrected chi connectivity index (χ4v) is 4.51. The number of nitrogens with one attached hydrogen (secondary N) is 2. The van der Waals surface area contributed by atoms with Gasteiger partial charge in [0.1, 0.15) is 5.82 Å². The van der Waals surface area contributed by atoms with Crippen molar-refractivity contribution in [3.63, 3.8) is 0 Å². The number of sulfonamides is 1. The zero-order valence-electron chi connectivity index (χ0n) is 9.89. The molecule has 0 radical (unpaired) electrons. The first-order valence-electron chi connectivity index (χ1n) is 5.37. The van der Waals surface area contributed by atoms with E-state index in [-0.39, 0.29) is 4.90 Å². The van der Waals surface area contributed by atoms with Crippen molar-refractivity contribution in [1.82, 2.24) is 14.7 Å². The number of benzene rings is 1. The molecule has 1 aromatic carbocycles. The Morgan fingerprint density at radius 3 is 2.68 bits per heavy atom. The molecule has 19 heavy (non-hydrogen) atoms. The third-order valence-electron chi connectivity index (χ3n) is 2.44. The largest absolute Gasteiger partial charge is 0.347 e. The summed E-state index contributed by atoms with van der Waals surface area (Å²) in [5.41, 5.74) is 0. The number of rotatable bonds is 4. The van der Waals surface area contributed by atoms with E-state index >= 15 is 0 Å². The number of nitrogens with zero attached hydrogens (tertiary/aromatic N) is 1. The van der Waals surface area contributed by atoms with Crippen LogP contribution in [0, 0.1) is 0 Å². The molecule has 0 aliphatic carbocycles. The van der Waals surface area contributed by atoms with Crippen LogP contribution >= 0.6 is 31.9 Å². The summed E-state index contributed by atoms with van der Waals surface area (Å²) in [7, 11) is -3.61. The van der Waals surface area contributed by atoms with Gasteiger partial charge in [0.2, 0.25) is 10.0 Å². The number of hydrogen-bond donors (Lipinski definition) is 2. The van der Waals surface area contributed by atoms with Gasteiger partial charge in [-0.2, -0.15) is 0 Å². The van der Waals surface area contributed by atoms with Gasteiger partial charge in [0.05, 0.1) is 10.9 Å². The monoisotopic (exact) mass is 407 g/mol. The fourth-order valence-electron chi connectivity index (χ4n) is 1.56. The third kappa shape index (κ3) is 3.44. The minimum absolute atomic E-state index is 0.189. The summed E-state index contributed by atoms with van der Waals surface area (Å²) in [5, 5.41) is 0. The van der Waals surface area contributed by atoms with Gasteiger partial charge in [0.15, 0.2) is 0 Å². The van der Waals surface area contributed by atoms with E-state index in [0.29, 0.717) is 10.3 Å². The predicted octanol–water partition coefficient (Wildman–Crippen LogP) is 2.97. The standard InChI is InChI=1S/C11H11Br2N3O2S/c1-7(11-14-4-5-15-11)16-19(17,18)10-3-2-8(12)6-9(10)13/h2-7,16H,1H3,(H,14,15). The van der Waals surface area contributed by atoms with Crippen molar-refractivity contribution in [2.75, 3.05) is 0 Å². The Hall–Kier alpha value is -0.700. The van der Waals surface area contributed by atoms with Gasteiger partial charge in [-0.05, 0) is 41.1 Å². The Morgan fingerprint density at radius 2 is 2.11 bits per heavy atom. The Balaban J connectivity index is 2.28. The zero-order chi connectivity index (χ0) is 14.0. The lowest BCUT2D eigenvalue weighted by Gasteiger charge is -2.13. The highest BCUT2D eigenvalue weighted by Crippen LogP contribution is 2.26. The van der Waals surface area contributed by atoms with E-state index in [1.54, 1.807) is 31.5 Å². The van der Waals surface area contributed by atoms with Crippen LogP contribution in [0.3, 0.4) is 0 Å². The summed E-state index contributed by atoms with van der Waals surface area (Å²) in [6.07, 6.45) is 3.23. The fraction of sp³-hybridized carbons (Fsp3) is 0.182. The normalized spacial score (nSPS) is 13.4. The SMILES string of the molecule is CC(NS(=O)(=O)c1ccc(Br)cc1Br)c1ncc[nH]1. The van der Waals surface area contributed by atoms with Crippen molar-refractivity contribution in [3.05, 3.63) is 45.4 Å². The number of aromatic nitrogens is 2. The van der Waals surface area contributed by atoms with E-state index in [4.69, 9.17) is 0 Å². The second-order valence-electron chi connectivity index (χ2n) is 3.89. The Bertz CT molecular complexity index is 671. The minimum Gasteiger partial charge on any atom is -0.347 e. The number of aromatic amines is 1. The van der Waals surface area contributed by atoms with Crippen molar-refractivity contribution in [3.8, 4) is 0 Å². The van der Waals surface area contributed by atoms with Crippen LogP contribution in [0.15, 0.2) is 44.4 Å². The molecule has 0 saturated carbocycles. The first-order chi connectivity index (χ1) is 8.90. The summed E-state index contributed by atoms with van der Waals surface area (Å²) in [6, 6.07) is 4.46. The highest BCUT2D eigenvalue weighted by Gasteiger charge is 2.21. The molecular formula is C11H11Br2N3O2S. The molecule has 0 spiro atoms. The Labute approximate surface area is 128 Å². The highest BCUT2D eigenvalue weighted by molar-refractivity contribution is 9.11. The average Bonchev–Trinajstić information content (AvgIpc) is 2.80. The predicted molar refractivity (Wildman–Crippen MR) is 79.2 cm³/mol. The molecule has 0 amide bonds. The first-order valence-corrected chi connectivity index (χ1v) is 8.44. The van der Waals surface area contributed by atoms with Crippen LogP contribution in [-0.2, 0) is 10.0 Å². The lowest BCUT2D eigenvalue weighted by molar-refractivity contribution is 0.560. The smallest absolute Gasteiger partial charge is 0.242 e. The van der Waals surface area contributed by atoms with E-state index in [1.165, 1.54) is 6.07 Å². The maximum absolute atomic E-state index is 12.3. The lowest BCUT2D eigenvalue weighted by Crippen LogP contribution is -2.27. The van der Waals surface area contributed by atoms with Gasteiger partial charge < -0.3 is 4.98 Å². The van der Waals surface area contributed by atoms with Crippen LogP contribution in [0.5, 0.6) is 0 Å². The molecule has 102 valence electrons. The zero-order valence-corrected chi connectivity index (χ0v) is 13.9. The Kier molecular flexibility index (Phi) is 4.44. The van der Waals surface area contributed by atoms with Crippen molar-refractivity contribution < 1.29 is 8.42 Å². The second kappa shape index (κ2) is 5.74. The average molecular weight is 409 g/mol. The molecule has 2 N–H and O–H groups in total. The van der Waals surface area contributed by atoms with Gasteiger partial charge in [0.25, 0.3) is 0 Å². The molecule has 5 nitrogen and oxygen atoms in total. The number of imidazole rings is 1. The van der Waals surface area contributed by atoms with Gasteiger partial charge in [-0.15, -0.1) is 0 Å². The molecule has 8 heteroatoms. The van der Waals surface area contributed by atoms with Crippen molar-refractivity contribution >= 4 is 41.9 Å². The summed E-state index contributed by atoms with van der Waals surface area (Å²) in [6.45, 7) is 1.73. The van der Waals surface area contributed by atoms with Gasteiger partial charge in [0, 0.05) is 21.3 Å². The summed E-state index contributed by atoms with van der Waals surface area (Å²) >= 11 is 6.53. The van der Waals surface area contributed by atoms with E-state index in [2.05, 4.69) is 46.5 Å². The van der Waals surface area contributed by atoms with Crippen LogP contribution in [0.4, 0.5) is 0 Å². The Morgan fingerprint density at radius 1 is 1.37 bits per heavy atom. The van der Waals surface area contributed by atoms with Gasteiger partial charge in [-0.3, -0.25) is 0 Å². The van der Waals surface area contributed by atoms with Crippen LogP contribution in [0.25, 0.3) is 0 Å². The molecule has 0 aliphatic rings. The summed E-state index contributed by atoms with van der Waals surface area (Å²) < 4.78 is 28.4. The van der Waals surface area contributed by atoms with Crippen molar-refractivity contribution in [2.45, 2.75) is 17.9 Å². The summed E-state index contributed by atoms with van der Waals surface area (Å²) in [4.78, 5) is 7.10.